The van der Waals surface area contributed by atoms with Crippen LogP contribution in [0.3, 0.4) is 0 Å². The number of ether oxygens (including phenoxy) is 3. The van der Waals surface area contributed by atoms with E-state index in [2.05, 4.69) is 171 Å². The van der Waals surface area contributed by atoms with E-state index in [9.17, 15) is 4.79 Å². The monoisotopic (exact) mass is 1580 g/mol. The van der Waals surface area contributed by atoms with Crippen LogP contribution in [-0.2, 0) is 19.0 Å². The molecule has 0 aromatic rings. The molecule has 11 heterocycles. The van der Waals surface area contributed by atoms with Crippen LogP contribution in [-0.4, -0.2) is 289 Å². The molecule has 21 nitrogen and oxygen atoms in total. The quantitative estimate of drug-likeness (QED) is 0.0736. The van der Waals surface area contributed by atoms with Crippen molar-refractivity contribution in [2.24, 2.45) is 80.9 Å². The number of aliphatic carboxylic acids is 1. The van der Waals surface area contributed by atoms with Gasteiger partial charge in [-0.3, -0.25) is 19.5 Å². The molecule has 2 bridgehead atoms. The molecule has 1 aliphatic carbocycles. The average Bonchev–Trinajstić information content (AvgIpc) is 1.69. The molecular weight excluding hydrogens is 1400 g/mol. The van der Waals surface area contributed by atoms with Gasteiger partial charge in [-0.2, -0.15) is 27.0 Å². The second-order valence-electron chi connectivity index (χ2n) is 38.1. The van der Waals surface area contributed by atoms with E-state index in [1.54, 1.807) is 7.11 Å². The molecule has 11 saturated heterocycles. The molecule has 0 radical (unpaired) electrons. The minimum atomic E-state index is -0.868. The lowest BCUT2D eigenvalue weighted by Crippen LogP contribution is -2.55. The number of carboxylic acids is 1. The molecule has 0 aromatic heterocycles. The van der Waals surface area contributed by atoms with E-state index in [1.165, 1.54) is 110 Å². The van der Waals surface area contributed by atoms with E-state index in [1.807, 2.05) is 0 Å². The van der Waals surface area contributed by atoms with Gasteiger partial charge in [0.1, 0.15) is 6.04 Å². The maximum absolute atomic E-state index is 10.7. The van der Waals surface area contributed by atoms with E-state index in [4.69, 9.17) is 65.2 Å². The number of hydrogen-bond acceptors (Lipinski definition) is 20. The number of piperidine rings is 8. The van der Waals surface area contributed by atoms with Gasteiger partial charge in [0.2, 0.25) is 0 Å². The highest BCUT2D eigenvalue weighted by molar-refractivity contribution is 7.59. The molecule has 3 spiro atoms. The van der Waals surface area contributed by atoms with Gasteiger partial charge in [0.15, 0.2) is 0 Å². The first kappa shape index (κ1) is 103. The molecule has 12 atom stereocenters. The molecular formula is C86H182N16O5S2. The molecule has 648 valence electrons. The summed E-state index contributed by atoms with van der Waals surface area (Å²) in [6.45, 7) is 61.8. The number of hydrogen-bond donors (Lipinski definition) is 9. The summed E-state index contributed by atoms with van der Waals surface area (Å²) < 4.78 is 17.4. The summed E-state index contributed by atoms with van der Waals surface area (Å²) >= 11 is 0. The van der Waals surface area contributed by atoms with Crippen molar-refractivity contribution in [1.29, 1.82) is 0 Å². The number of carboxylic acid groups (broad SMARTS) is 1. The third-order valence-electron chi connectivity index (χ3n) is 28.8. The van der Waals surface area contributed by atoms with Crippen molar-refractivity contribution in [3.05, 3.63) is 0 Å². The van der Waals surface area contributed by atoms with Crippen LogP contribution in [0.2, 0.25) is 0 Å². The number of likely N-dealkylation sites (tertiary alicyclic amines) is 7. The summed E-state index contributed by atoms with van der Waals surface area (Å²) in [5.74, 6) is 2.17. The van der Waals surface area contributed by atoms with Gasteiger partial charge in [0.25, 0.3) is 0 Å². The Labute approximate surface area is 684 Å². The Hall–Kier alpha value is -0.590. The predicted octanol–water partition coefficient (Wildman–Crippen LogP) is 10.3. The summed E-state index contributed by atoms with van der Waals surface area (Å²) in [5, 5.41) is 8.77. The molecule has 1 saturated carbocycles. The first-order valence-electron chi connectivity index (χ1n) is 44.4. The Balaban J connectivity index is 0.000000322. The zero-order valence-corrected chi connectivity index (χ0v) is 76.2. The van der Waals surface area contributed by atoms with Gasteiger partial charge in [-0.15, -0.1) is 0 Å². The van der Waals surface area contributed by atoms with E-state index in [0.29, 0.717) is 66.2 Å². The summed E-state index contributed by atoms with van der Waals surface area (Å²) in [6, 6.07) is 8.84. The summed E-state index contributed by atoms with van der Waals surface area (Å²) in [4.78, 5) is 31.0. The molecule has 12 rings (SSSR count). The molecule has 17 N–H and O–H groups in total. The molecule has 4 unspecified atom stereocenters. The summed E-state index contributed by atoms with van der Waals surface area (Å²) in [6.07, 6.45) is 26.8. The summed E-state index contributed by atoms with van der Waals surface area (Å²) in [7, 11) is 1.78. The highest BCUT2D eigenvalue weighted by atomic mass is 32.1. The molecule has 109 heavy (non-hydrogen) atoms. The van der Waals surface area contributed by atoms with Crippen LogP contribution < -0.4 is 45.9 Å². The smallest absolute Gasteiger partial charge is 0.320 e. The highest BCUT2D eigenvalue weighted by Crippen LogP contribution is 2.46. The molecule has 23 heteroatoms. The lowest BCUT2D eigenvalue weighted by atomic mass is 9.74. The highest BCUT2D eigenvalue weighted by Gasteiger charge is 2.49. The normalized spacial score (nSPS) is 31.2. The van der Waals surface area contributed by atoms with Crippen LogP contribution in [0.25, 0.3) is 0 Å². The van der Waals surface area contributed by atoms with E-state index in [0.717, 1.165) is 191 Å². The Morgan fingerprint density at radius 1 is 0.450 bits per heavy atom. The van der Waals surface area contributed by atoms with Crippen molar-refractivity contribution in [2.75, 3.05) is 125 Å². The SMILES string of the molecule is CC(C)N1CCC(C(N)C(=O)O)CC1.CC(C)N1CCC2(CC1)OCCC2N.CC(C)N1CCC2(CC1)OC[C@@H](C)[C@H]2N.CC(C)N1CCC2(CCCC2N)CC1.CC(C)N1CC[C@@H](CN)C[C@H]1C.CC(C)N1CC[C@H](CN)C[C@H]1C.CC(C)N1[C@@H]2CC[C@H]1CC(CN)C2.COC1(CN)CCN(C(C)C)CC1.S.S. The minimum absolute atomic E-state index is 0. The fourth-order valence-corrected chi connectivity index (χ4v) is 20.7. The van der Waals surface area contributed by atoms with Gasteiger partial charge in [-0.25, -0.2) is 0 Å². The first-order chi connectivity index (χ1) is 50.5. The third kappa shape index (κ3) is 30.3. The zero-order valence-electron chi connectivity index (χ0n) is 74.2. The largest absolute Gasteiger partial charge is 0.480 e. The minimum Gasteiger partial charge on any atom is -0.480 e. The van der Waals surface area contributed by atoms with E-state index < -0.39 is 12.0 Å². The van der Waals surface area contributed by atoms with Crippen molar-refractivity contribution < 1.29 is 24.1 Å². The lowest BCUT2D eigenvalue weighted by Gasteiger charge is -2.43. The van der Waals surface area contributed by atoms with Crippen molar-refractivity contribution in [2.45, 2.75) is 386 Å². The van der Waals surface area contributed by atoms with Crippen LogP contribution in [0.4, 0.5) is 0 Å². The molecule has 0 amide bonds. The molecule has 0 aromatic carbocycles. The number of carbonyl (C=O) groups is 1. The predicted molar refractivity (Wildman–Crippen MR) is 471 cm³/mol. The van der Waals surface area contributed by atoms with E-state index in [-0.39, 0.29) is 61.8 Å². The van der Waals surface area contributed by atoms with Gasteiger partial charge in [-0.05, 0) is 353 Å². The van der Waals surface area contributed by atoms with Gasteiger partial charge in [0.05, 0.1) is 23.4 Å². The van der Waals surface area contributed by atoms with Crippen LogP contribution in [0.5, 0.6) is 0 Å². The number of rotatable bonds is 15. The number of fused-ring (bicyclic) bond motifs is 2. The van der Waals surface area contributed by atoms with Gasteiger partial charge in [0, 0.05) is 150 Å². The van der Waals surface area contributed by atoms with Crippen molar-refractivity contribution in [1.82, 2.24) is 39.2 Å². The Kier molecular flexibility index (Phi) is 46.8. The number of methoxy groups -OCH3 is 1. The fourth-order valence-electron chi connectivity index (χ4n) is 20.7. The van der Waals surface area contributed by atoms with Crippen LogP contribution >= 0.6 is 27.0 Å². The summed E-state index contributed by atoms with van der Waals surface area (Å²) in [5.41, 5.74) is 47.6. The standard InChI is InChI=1S/C12H24N2O.C12H24N2.C11H22N2O.C11H22N2.C10H20N2O2.C10H22N2O.2C10H22N2.2H2S/c1-9(2)14-6-4-12(5-7-14)11(13)10(3)8-15-12;1-10(2)14-8-6-12(7-9-14)5-3-4-11(12)13;1-9(2)13-6-4-11(5-7-13)10(12)3-8-14-11;1-8(2)13-10-3-4-11(13)6-9(5-10)7-12;1-7(2)12-5-3-8(4-6-12)9(11)10(13)14;1-9(2)12-6-4-10(8-11,13-3)5-7-12;2*1-8(2)12-5-4-10(7-11)6-9(12)3;;/h9-11H,4-8,13H2,1-3H3;10-11H,3-9,13H2,1-2H3;9-10H,3-8,12H2,1-2H3;8-11H,3-7,12H2,1-2H3;7-9H,3-6,11H2,1-2H3,(H,13,14);9H,4-8,11H2,1-3H3;2*8-10H,4-7,11H2,1-3H3;2*1H2/t10-,11-;;;9?,10-,11+;;;9-,10+;9-,10-;;/m1.....11../s1. The Morgan fingerprint density at radius 2 is 0.844 bits per heavy atom. The van der Waals surface area contributed by atoms with Crippen LogP contribution in [0, 0.1) is 35.0 Å². The molecule has 11 aliphatic heterocycles. The number of nitrogens with zero attached hydrogens (tertiary/aromatic N) is 8. The second-order valence-corrected chi connectivity index (χ2v) is 38.1. The average molecular weight is 1580 g/mol. The number of nitrogens with two attached hydrogens (primary N) is 8. The van der Waals surface area contributed by atoms with Crippen LogP contribution in [0.15, 0.2) is 0 Å². The van der Waals surface area contributed by atoms with E-state index >= 15 is 0 Å². The maximum Gasteiger partial charge on any atom is 0.320 e. The van der Waals surface area contributed by atoms with Crippen LogP contribution in [0.1, 0.15) is 273 Å². The third-order valence-corrected chi connectivity index (χ3v) is 28.8. The van der Waals surface area contributed by atoms with Crippen molar-refractivity contribution in [3.8, 4) is 0 Å². The Bertz CT molecular complexity index is 2290. The van der Waals surface area contributed by atoms with Crippen molar-refractivity contribution in [3.63, 3.8) is 0 Å². The zero-order chi connectivity index (χ0) is 79.7. The fraction of sp³-hybridized carbons (Fsp3) is 0.988. The lowest BCUT2D eigenvalue weighted by molar-refractivity contribution is -0.140. The van der Waals surface area contributed by atoms with Gasteiger partial charge < -0.3 is 89.7 Å². The molecule has 12 aliphatic rings. The topological polar surface area (TPSA) is 299 Å². The maximum atomic E-state index is 10.7. The van der Waals surface area contributed by atoms with Crippen molar-refractivity contribution >= 4 is 33.0 Å². The first-order valence-corrected chi connectivity index (χ1v) is 44.4. The van der Waals surface area contributed by atoms with Gasteiger partial charge in [-0.1, -0.05) is 13.3 Å². The van der Waals surface area contributed by atoms with Gasteiger partial charge >= 0.3 is 5.97 Å². The molecule has 12 fully saturated rings. The second kappa shape index (κ2) is 49.7. The Morgan fingerprint density at radius 3 is 1.15 bits per heavy atom.